The highest BCUT2D eigenvalue weighted by atomic mass is 16.5. The Hall–Kier alpha value is -0.610. The molecule has 2 aliphatic rings. The first-order valence-electron chi connectivity index (χ1n) is 6.29. The number of ether oxygens (including phenoxy) is 1. The predicted molar refractivity (Wildman–Crippen MR) is 62.3 cm³/mol. The number of carbonyl (C=O) groups is 1. The SMILES string of the molecule is CCCN(C(=O)COC1(C)CNC1)C1CC1. The Morgan fingerprint density at radius 3 is 2.62 bits per heavy atom. The molecule has 0 unspecified atom stereocenters. The Kier molecular flexibility index (Phi) is 3.50. The first-order chi connectivity index (χ1) is 7.64. The average Bonchev–Trinajstić information content (AvgIpc) is 3.03. The van der Waals surface area contributed by atoms with Crippen LogP contribution < -0.4 is 5.32 Å². The van der Waals surface area contributed by atoms with Crippen LogP contribution in [0, 0.1) is 0 Å². The molecule has 1 saturated heterocycles. The summed E-state index contributed by atoms with van der Waals surface area (Å²) in [5, 5.41) is 3.17. The molecule has 1 aliphatic heterocycles. The molecule has 4 heteroatoms. The van der Waals surface area contributed by atoms with Crippen molar-refractivity contribution < 1.29 is 9.53 Å². The number of carbonyl (C=O) groups excluding carboxylic acids is 1. The number of amides is 1. The van der Waals surface area contributed by atoms with Crippen LogP contribution in [0.1, 0.15) is 33.1 Å². The minimum Gasteiger partial charge on any atom is -0.363 e. The fourth-order valence-corrected chi connectivity index (χ4v) is 2.04. The highest BCUT2D eigenvalue weighted by Gasteiger charge is 2.36. The lowest BCUT2D eigenvalue weighted by Crippen LogP contribution is -2.59. The molecule has 1 heterocycles. The van der Waals surface area contributed by atoms with Gasteiger partial charge in [-0.3, -0.25) is 4.79 Å². The van der Waals surface area contributed by atoms with Crippen molar-refractivity contribution in [1.82, 2.24) is 10.2 Å². The third-order valence-electron chi connectivity index (χ3n) is 3.31. The van der Waals surface area contributed by atoms with Crippen LogP contribution >= 0.6 is 0 Å². The van der Waals surface area contributed by atoms with Crippen molar-refractivity contribution in [2.75, 3.05) is 26.2 Å². The Morgan fingerprint density at radius 2 is 2.19 bits per heavy atom. The molecule has 0 spiro atoms. The van der Waals surface area contributed by atoms with Crippen LogP contribution in [0.4, 0.5) is 0 Å². The second kappa shape index (κ2) is 4.72. The van der Waals surface area contributed by atoms with Gasteiger partial charge in [0.25, 0.3) is 0 Å². The molecular formula is C12H22N2O2. The van der Waals surface area contributed by atoms with Gasteiger partial charge in [-0.15, -0.1) is 0 Å². The highest BCUT2D eigenvalue weighted by Crippen LogP contribution is 2.27. The molecule has 1 aliphatic carbocycles. The number of nitrogens with one attached hydrogen (secondary N) is 1. The van der Waals surface area contributed by atoms with Crippen molar-refractivity contribution in [3.63, 3.8) is 0 Å². The maximum atomic E-state index is 12.0. The quantitative estimate of drug-likeness (QED) is 0.727. The number of hydrogen-bond donors (Lipinski definition) is 1. The minimum absolute atomic E-state index is 0.114. The zero-order valence-electron chi connectivity index (χ0n) is 10.3. The van der Waals surface area contributed by atoms with E-state index in [9.17, 15) is 4.79 Å². The van der Waals surface area contributed by atoms with Crippen molar-refractivity contribution in [2.24, 2.45) is 0 Å². The molecule has 1 N–H and O–H groups in total. The molecule has 0 bridgehead atoms. The third-order valence-corrected chi connectivity index (χ3v) is 3.31. The summed E-state index contributed by atoms with van der Waals surface area (Å²) < 4.78 is 5.68. The van der Waals surface area contributed by atoms with Gasteiger partial charge < -0.3 is 15.0 Å². The van der Waals surface area contributed by atoms with Gasteiger partial charge in [-0.05, 0) is 26.2 Å². The number of rotatable bonds is 6. The number of nitrogens with zero attached hydrogens (tertiary/aromatic N) is 1. The van der Waals surface area contributed by atoms with Crippen LogP contribution in [0.3, 0.4) is 0 Å². The van der Waals surface area contributed by atoms with Crippen molar-refractivity contribution in [1.29, 1.82) is 0 Å². The highest BCUT2D eigenvalue weighted by molar-refractivity contribution is 5.78. The standard InChI is InChI=1S/C12H22N2O2/c1-3-6-14(10-4-5-10)11(15)7-16-12(2)8-13-9-12/h10,13H,3-9H2,1-2H3. The summed E-state index contributed by atoms with van der Waals surface area (Å²) in [6, 6.07) is 0.503. The van der Waals surface area contributed by atoms with Crippen molar-refractivity contribution >= 4 is 5.91 Å². The summed E-state index contributed by atoms with van der Waals surface area (Å²) in [6.45, 7) is 7.00. The monoisotopic (exact) mass is 226 g/mol. The lowest BCUT2D eigenvalue weighted by Gasteiger charge is -2.39. The normalized spacial score (nSPS) is 22.6. The zero-order valence-corrected chi connectivity index (χ0v) is 10.3. The van der Waals surface area contributed by atoms with Gasteiger partial charge in [-0.1, -0.05) is 6.92 Å². The van der Waals surface area contributed by atoms with E-state index in [4.69, 9.17) is 4.74 Å². The summed E-state index contributed by atoms with van der Waals surface area (Å²) in [6.07, 6.45) is 3.37. The molecule has 0 aromatic heterocycles. The fraction of sp³-hybridized carbons (Fsp3) is 0.917. The van der Waals surface area contributed by atoms with E-state index in [0.717, 1.165) is 26.1 Å². The Labute approximate surface area is 97.3 Å². The first-order valence-corrected chi connectivity index (χ1v) is 6.29. The van der Waals surface area contributed by atoms with E-state index in [1.807, 2.05) is 4.90 Å². The maximum absolute atomic E-state index is 12.0. The summed E-state index contributed by atoms with van der Waals surface area (Å²) >= 11 is 0. The molecule has 16 heavy (non-hydrogen) atoms. The van der Waals surface area contributed by atoms with Crippen LogP contribution in [0.5, 0.6) is 0 Å². The van der Waals surface area contributed by atoms with Crippen LogP contribution in [0.2, 0.25) is 0 Å². The molecule has 2 fully saturated rings. The molecule has 4 nitrogen and oxygen atoms in total. The molecule has 2 rings (SSSR count). The van der Waals surface area contributed by atoms with Crippen molar-refractivity contribution in [2.45, 2.75) is 44.8 Å². The lowest BCUT2D eigenvalue weighted by molar-refractivity contribution is -0.146. The molecule has 1 saturated carbocycles. The van der Waals surface area contributed by atoms with Gasteiger partial charge in [0.1, 0.15) is 6.61 Å². The molecule has 1 amide bonds. The minimum atomic E-state index is -0.114. The molecule has 0 atom stereocenters. The van der Waals surface area contributed by atoms with Crippen molar-refractivity contribution in [3.8, 4) is 0 Å². The molecule has 92 valence electrons. The first kappa shape index (κ1) is 11.9. The van der Waals surface area contributed by atoms with E-state index in [-0.39, 0.29) is 18.1 Å². The molecular weight excluding hydrogens is 204 g/mol. The molecule has 0 aromatic carbocycles. The van der Waals surface area contributed by atoms with Crippen LogP contribution in [0.15, 0.2) is 0 Å². The van der Waals surface area contributed by atoms with Gasteiger partial charge in [0.05, 0.1) is 5.60 Å². The zero-order chi connectivity index (χ0) is 11.6. The van der Waals surface area contributed by atoms with Crippen LogP contribution in [-0.2, 0) is 9.53 Å². The second-order valence-corrected chi connectivity index (χ2v) is 5.16. The van der Waals surface area contributed by atoms with E-state index in [2.05, 4.69) is 19.2 Å². The number of hydrogen-bond acceptors (Lipinski definition) is 3. The van der Waals surface area contributed by atoms with Gasteiger partial charge in [0.15, 0.2) is 0 Å². The van der Waals surface area contributed by atoms with E-state index in [0.29, 0.717) is 6.04 Å². The van der Waals surface area contributed by atoms with E-state index >= 15 is 0 Å². The van der Waals surface area contributed by atoms with E-state index in [1.54, 1.807) is 0 Å². The smallest absolute Gasteiger partial charge is 0.248 e. The maximum Gasteiger partial charge on any atom is 0.248 e. The topological polar surface area (TPSA) is 41.6 Å². The third kappa shape index (κ3) is 2.74. The van der Waals surface area contributed by atoms with Gasteiger partial charge in [0, 0.05) is 25.7 Å². The Morgan fingerprint density at radius 1 is 1.50 bits per heavy atom. The van der Waals surface area contributed by atoms with Gasteiger partial charge >= 0.3 is 0 Å². The van der Waals surface area contributed by atoms with E-state index < -0.39 is 0 Å². The van der Waals surface area contributed by atoms with Crippen molar-refractivity contribution in [3.05, 3.63) is 0 Å². The Balaban J connectivity index is 1.76. The fourth-order valence-electron chi connectivity index (χ4n) is 2.04. The average molecular weight is 226 g/mol. The van der Waals surface area contributed by atoms with E-state index in [1.165, 1.54) is 12.8 Å². The van der Waals surface area contributed by atoms with Crippen LogP contribution in [0.25, 0.3) is 0 Å². The second-order valence-electron chi connectivity index (χ2n) is 5.16. The van der Waals surface area contributed by atoms with Gasteiger partial charge in [-0.25, -0.2) is 0 Å². The summed E-state index contributed by atoms with van der Waals surface area (Å²) in [5.74, 6) is 0.164. The lowest BCUT2D eigenvalue weighted by atomic mass is 10.0. The van der Waals surface area contributed by atoms with Gasteiger partial charge in [0.2, 0.25) is 5.91 Å². The van der Waals surface area contributed by atoms with Gasteiger partial charge in [-0.2, -0.15) is 0 Å². The summed E-state index contributed by atoms with van der Waals surface area (Å²) in [7, 11) is 0. The predicted octanol–water partition coefficient (Wildman–Crippen LogP) is 0.766. The molecule has 0 radical (unpaired) electrons. The van der Waals surface area contributed by atoms with Crippen LogP contribution in [-0.4, -0.2) is 48.7 Å². The summed E-state index contributed by atoms with van der Waals surface area (Å²) in [4.78, 5) is 14.0. The molecule has 0 aromatic rings. The largest absolute Gasteiger partial charge is 0.363 e. The summed E-state index contributed by atoms with van der Waals surface area (Å²) in [5.41, 5.74) is -0.114. The Bertz CT molecular complexity index is 260.